The summed E-state index contributed by atoms with van der Waals surface area (Å²) in [6.45, 7) is 1.90. The van der Waals surface area contributed by atoms with Crippen LogP contribution in [0, 0.1) is 0 Å². The Bertz CT molecular complexity index is 223. The van der Waals surface area contributed by atoms with Crippen molar-refractivity contribution in [2.45, 2.75) is 13.0 Å². The SMILES string of the molecule is COc1ccc(C(C)N)nc1.Cl. The van der Waals surface area contributed by atoms with E-state index in [-0.39, 0.29) is 18.4 Å². The van der Waals surface area contributed by atoms with Crippen molar-refractivity contribution in [3.05, 3.63) is 24.0 Å². The summed E-state index contributed by atoms with van der Waals surface area (Å²) >= 11 is 0. The van der Waals surface area contributed by atoms with Crippen LogP contribution in [0.3, 0.4) is 0 Å². The minimum absolute atomic E-state index is 0. The van der Waals surface area contributed by atoms with Crippen molar-refractivity contribution < 1.29 is 4.74 Å². The Morgan fingerprint density at radius 1 is 1.50 bits per heavy atom. The van der Waals surface area contributed by atoms with E-state index >= 15 is 0 Å². The van der Waals surface area contributed by atoms with E-state index in [4.69, 9.17) is 10.5 Å². The molecule has 0 spiro atoms. The molecule has 1 unspecified atom stereocenters. The predicted molar refractivity (Wildman–Crippen MR) is 50.6 cm³/mol. The van der Waals surface area contributed by atoms with E-state index < -0.39 is 0 Å². The molecule has 0 aliphatic heterocycles. The largest absolute Gasteiger partial charge is 0.495 e. The van der Waals surface area contributed by atoms with Crippen molar-refractivity contribution in [1.82, 2.24) is 4.98 Å². The van der Waals surface area contributed by atoms with E-state index in [0.29, 0.717) is 0 Å². The van der Waals surface area contributed by atoms with Crippen molar-refractivity contribution in [3.63, 3.8) is 0 Å². The maximum absolute atomic E-state index is 5.60. The highest BCUT2D eigenvalue weighted by Gasteiger charge is 1.99. The van der Waals surface area contributed by atoms with Crippen LogP contribution in [0.25, 0.3) is 0 Å². The van der Waals surface area contributed by atoms with E-state index in [0.717, 1.165) is 11.4 Å². The molecule has 1 aromatic rings. The Kier molecular flexibility index (Phi) is 4.62. The zero-order valence-electron chi connectivity index (χ0n) is 7.15. The molecule has 0 bridgehead atoms. The fraction of sp³-hybridized carbons (Fsp3) is 0.375. The lowest BCUT2D eigenvalue weighted by Gasteiger charge is -2.04. The van der Waals surface area contributed by atoms with Gasteiger partial charge in [-0.2, -0.15) is 0 Å². The number of nitrogens with two attached hydrogens (primary N) is 1. The van der Waals surface area contributed by atoms with E-state index in [1.165, 1.54) is 0 Å². The summed E-state index contributed by atoms with van der Waals surface area (Å²) in [5.41, 5.74) is 6.48. The molecule has 4 heteroatoms. The van der Waals surface area contributed by atoms with Crippen LogP contribution in [0.4, 0.5) is 0 Å². The third-order valence-electron chi connectivity index (χ3n) is 1.46. The number of nitrogens with zero attached hydrogens (tertiary/aromatic N) is 1. The molecule has 68 valence electrons. The second kappa shape index (κ2) is 4.95. The van der Waals surface area contributed by atoms with Gasteiger partial charge in [0.2, 0.25) is 0 Å². The lowest BCUT2D eigenvalue weighted by atomic mass is 10.2. The molecule has 0 radical (unpaired) electrons. The molecule has 3 nitrogen and oxygen atoms in total. The maximum Gasteiger partial charge on any atom is 0.137 e. The standard InChI is InChI=1S/C8H12N2O.ClH/c1-6(9)8-4-3-7(11-2)5-10-8;/h3-6H,9H2,1-2H3;1H. The topological polar surface area (TPSA) is 48.1 Å². The van der Waals surface area contributed by atoms with E-state index in [1.807, 2.05) is 19.1 Å². The number of methoxy groups -OCH3 is 1. The van der Waals surface area contributed by atoms with Crippen molar-refractivity contribution in [1.29, 1.82) is 0 Å². The van der Waals surface area contributed by atoms with Crippen LogP contribution in [0.5, 0.6) is 5.75 Å². The zero-order chi connectivity index (χ0) is 8.27. The van der Waals surface area contributed by atoms with Gasteiger partial charge in [0.15, 0.2) is 0 Å². The van der Waals surface area contributed by atoms with Gasteiger partial charge in [0, 0.05) is 6.04 Å². The molecule has 0 aliphatic rings. The first-order chi connectivity index (χ1) is 5.24. The fourth-order valence-electron chi connectivity index (χ4n) is 0.782. The van der Waals surface area contributed by atoms with E-state index in [2.05, 4.69) is 4.98 Å². The summed E-state index contributed by atoms with van der Waals surface area (Å²) in [6, 6.07) is 3.70. The Morgan fingerprint density at radius 2 is 2.17 bits per heavy atom. The molecule has 2 N–H and O–H groups in total. The van der Waals surface area contributed by atoms with Crippen LogP contribution in [0.15, 0.2) is 18.3 Å². The molecule has 0 aliphatic carbocycles. The maximum atomic E-state index is 5.60. The van der Waals surface area contributed by atoms with Gasteiger partial charge in [0.1, 0.15) is 5.75 Å². The van der Waals surface area contributed by atoms with Crippen LogP contribution in [0.1, 0.15) is 18.7 Å². The van der Waals surface area contributed by atoms with Crippen LogP contribution in [0.2, 0.25) is 0 Å². The number of ether oxygens (including phenoxy) is 1. The van der Waals surface area contributed by atoms with Crippen molar-refractivity contribution >= 4 is 12.4 Å². The molecule has 1 aromatic heterocycles. The summed E-state index contributed by atoms with van der Waals surface area (Å²) in [4.78, 5) is 4.10. The van der Waals surface area contributed by atoms with E-state index in [1.54, 1.807) is 13.3 Å². The number of halogens is 1. The van der Waals surface area contributed by atoms with Gasteiger partial charge in [-0.3, -0.25) is 4.98 Å². The minimum atomic E-state index is -0.0130. The zero-order valence-corrected chi connectivity index (χ0v) is 7.97. The van der Waals surface area contributed by atoms with Gasteiger partial charge in [-0.15, -0.1) is 12.4 Å². The second-order valence-electron chi connectivity index (χ2n) is 2.41. The Morgan fingerprint density at radius 3 is 2.50 bits per heavy atom. The third kappa shape index (κ3) is 2.68. The first-order valence-electron chi connectivity index (χ1n) is 3.49. The summed E-state index contributed by atoms with van der Waals surface area (Å²) in [7, 11) is 1.61. The van der Waals surface area contributed by atoms with Gasteiger partial charge < -0.3 is 10.5 Å². The number of aromatic nitrogens is 1. The molecular formula is C8H13ClN2O. The van der Waals surface area contributed by atoms with Gasteiger partial charge in [0.25, 0.3) is 0 Å². The average Bonchev–Trinajstić information content (AvgIpc) is 2.05. The number of hydrogen-bond acceptors (Lipinski definition) is 3. The quantitative estimate of drug-likeness (QED) is 0.766. The third-order valence-corrected chi connectivity index (χ3v) is 1.46. The van der Waals surface area contributed by atoms with Gasteiger partial charge >= 0.3 is 0 Å². The first-order valence-corrected chi connectivity index (χ1v) is 3.49. The molecule has 1 atom stereocenters. The van der Waals surface area contributed by atoms with Crippen LogP contribution in [-0.2, 0) is 0 Å². The average molecular weight is 189 g/mol. The molecule has 0 fully saturated rings. The Hall–Kier alpha value is -0.800. The lowest BCUT2D eigenvalue weighted by Crippen LogP contribution is -2.06. The normalized spacial score (nSPS) is 11.6. The Labute approximate surface area is 78.4 Å². The van der Waals surface area contributed by atoms with E-state index in [9.17, 15) is 0 Å². The minimum Gasteiger partial charge on any atom is -0.495 e. The fourth-order valence-corrected chi connectivity index (χ4v) is 0.782. The first kappa shape index (κ1) is 11.2. The molecule has 0 saturated heterocycles. The molecule has 0 aromatic carbocycles. The number of hydrogen-bond donors (Lipinski definition) is 1. The number of rotatable bonds is 2. The number of pyridine rings is 1. The molecule has 1 heterocycles. The Balaban J connectivity index is 0.00000121. The predicted octanol–water partition coefficient (Wildman–Crippen LogP) is 1.53. The highest BCUT2D eigenvalue weighted by Crippen LogP contribution is 2.11. The molecule has 0 amide bonds. The highest BCUT2D eigenvalue weighted by atomic mass is 35.5. The van der Waals surface area contributed by atoms with Crippen molar-refractivity contribution in [3.8, 4) is 5.75 Å². The lowest BCUT2D eigenvalue weighted by molar-refractivity contribution is 0.412. The van der Waals surface area contributed by atoms with Crippen LogP contribution < -0.4 is 10.5 Å². The van der Waals surface area contributed by atoms with Gasteiger partial charge in [-0.05, 0) is 19.1 Å². The molecule has 1 rings (SSSR count). The van der Waals surface area contributed by atoms with Crippen LogP contribution >= 0.6 is 12.4 Å². The summed E-state index contributed by atoms with van der Waals surface area (Å²) in [5.74, 6) is 0.759. The van der Waals surface area contributed by atoms with Gasteiger partial charge in [0.05, 0.1) is 19.0 Å². The summed E-state index contributed by atoms with van der Waals surface area (Å²) < 4.78 is 4.95. The van der Waals surface area contributed by atoms with Crippen LogP contribution in [-0.4, -0.2) is 12.1 Å². The van der Waals surface area contributed by atoms with Gasteiger partial charge in [-0.25, -0.2) is 0 Å². The van der Waals surface area contributed by atoms with Gasteiger partial charge in [-0.1, -0.05) is 0 Å². The molecule has 12 heavy (non-hydrogen) atoms. The molecular weight excluding hydrogens is 176 g/mol. The monoisotopic (exact) mass is 188 g/mol. The summed E-state index contributed by atoms with van der Waals surface area (Å²) in [6.07, 6.45) is 1.67. The molecule has 0 saturated carbocycles. The van der Waals surface area contributed by atoms with Crippen molar-refractivity contribution in [2.24, 2.45) is 5.73 Å². The second-order valence-corrected chi connectivity index (χ2v) is 2.41. The smallest absolute Gasteiger partial charge is 0.137 e. The van der Waals surface area contributed by atoms with Crippen molar-refractivity contribution in [2.75, 3.05) is 7.11 Å². The summed E-state index contributed by atoms with van der Waals surface area (Å²) in [5, 5.41) is 0. The highest BCUT2D eigenvalue weighted by molar-refractivity contribution is 5.85.